The van der Waals surface area contributed by atoms with Crippen LogP contribution in [0.1, 0.15) is 29.8 Å². The molecule has 1 aromatic heterocycles. The minimum absolute atomic E-state index is 0.0177. The van der Waals surface area contributed by atoms with Crippen LogP contribution in [0.15, 0.2) is 12.1 Å². The number of carbonyl (C=O) groups is 1. The molecule has 1 aliphatic rings. The number of amides is 1. The highest BCUT2D eigenvalue weighted by atomic mass is 16.5. The molecule has 1 aliphatic heterocycles. The zero-order chi connectivity index (χ0) is 13.5. The van der Waals surface area contributed by atoms with Crippen LogP contribution in [0, 0.1) is 0 Å². The van der Waals surface area contributed by atoms with Gasteiger partial charge in [0, 0.05) is 33.4 Å². The molecule has 0 unspecified atom stereocenters. The number of aromatic nitrogens is 2. The fourth-order valence-corrected chi connectivity index (χ4v) is 2.06. The first kappa shape index (κ1) is 13.7. The first-order valence-electron chi connectivity index (χ1n) is 6.67. The van der Waals surface area contributed by atoms with Crippen molar-refractivity contribution in [3.63, 3.8) is 0 Å². The number of nitrogens with zero attached hydrogens (tertiary/aromatic N) is 3. The quantitative estimate of drug-likeness (QED) is 0.781. The summed E-state index contributed by atoms with van der Waals surface area (Å²) in [5.74, 6) is 0.671. The van der Waals surface area contributed by atoms with Crippen molar-refractivity contribution in [3.8, 4) is 0 Å². The van der Waals surface area contributed by atoms with Gasteiger partial charge < -0.3 is 15.0 Å². The minimum atomic E-state index is -0.0177. The van der Waals surface area contributed by atoms with Crippen molar-refractivity contribution >= 4 is 11.7 Å². The number of rotatable bonds is 6. The van der Waals surface area contributed by atoms with E-state index >= 15 is 0 Å². The topological polar surface area (TPSA) is 67.3 Å². The Hall–Kier alpha value is -1.69. The normalized spacial score (nSPS) is 14.7. The molecule has 104 valence electrons. The molecule has 0 saturated carbocycles. The second-order valence-electron chi connectivity index (χ2n) is 4.58. The van der Waals surface area contributed by atoms with Crippen LogP contribution in [0.3, 0.4) is 0 Å². The molecular weight excluding hydrogens is 244 g/mol. The molecule has 1 saturated heterocycles. The number of nitrogens with one attached hydrogen (secondary N) is 1. The van der Waals surface area contributed by atoms with E-state index in [0.717, 1.165) is 38.9 Å². The van der Waals surface area contributed by atoms with Gasteiger partial charge in [-0.15, -0.1) is 10.2 Å². The van der Waals surface area contributed by atoms with Crippen molar-refractivity contribution in [3.05, 3.63) is 17.8 Å². The Morgan fingerprint density at radius 1 is 1.37 bits per heavy atom. The lowest BCUT2D eigenvalue weighted by molar-refractivity contribution is 0.0786. The average molecular weight is 264 g/mol. The number of ether oxygens (including phenoxy) is 1. The molecule has 0 aliphatic carbocycles. The van der Waals surface area contributed by atoms with Gasteiger partial charge in [0.2, 0.25) is 0 Å². The summed E-state index contributed by atoms with van der Waals surface area (Å²) in [6, 6.07) is 3.52. The number of likely N-dealkylation sites (tertiary alicyclic amines) is 1. The molecule has 0 aromatic carbocycles. The molecule has 0 radical (unpaired) electrons. The molecule has 1 N–H and O–H groups in total. The van der Waals surface area contributed by atoms with E-state index in [0.29, 0.717) is 18.1 Å². The summed E-state index contributed by atoms with van der Waals surface area (Å²) in [5, 5.41) is 11.1. The van der Waals surface area contributed by atoms with E-state index in [2.05, 4.69) is 15.5 Å². The van der Waals surface area contributed by atoms with E-state index in [-0.39, 0.29) is 5.91 Å². The largest absolute Gasteiger partial charge is 0.385 e. The minimum Gasteiger partial charge on any atom is -0.385 e. The Bertz CT molecular complexity index is 402. The van der Waals surface area contributed by atoms with Crippen LogP contribution in [0.2, 0.25) is 0 Å². The summed E-state index contributed by atoms with van der Waals surface area (Å²) in [4.78, 5) is 13.9. The monoisotopic (exact) mass is 264 g/mol. The van der Waals surface area contributed by atoms with Crippen LogP contribution in [-0.2, 0) is 4.74 Å². The van der Waals surface area contributed by atoms with Crippen LogP contribution < -0.4 is 5.32 Å². The van der Waals surface area contributed by atoms with Crippen LogP contribution in [0.25, 0.3) is 0 Å². The third-order valence-electron chi connectivity index (χ3n) is 3.11. The molecule has 1 amide bonds. The van der Waals surface area contributed by atoms with E-state index in [1.54, 1.807) is 19.2 Å². The zero-order valence-corrected chi connectivity index (χ0v) is 11.3. The van der Waals surface area contributed by atoms with E-state index in [1.807, 2.05) is 4.90 Å². The molecule has 1 fully saturated rings. The second kappa shape index (κ2) is 7.04. The molecule has 0 bridgehead atoms. The van der Waals surface area contributed by atoms with Gasteiger partial charge >= 0.3 is 0 Å². The van der Waals surface area contributed by atoms with Gasteiger partial charge in [-0.05, 0) is 31.4 Å². The van der Waals surface area contributed by atoms with Crippen molar-refractivity contribution in [2.45, 2.75) is 19.3 Å². The van der Waals surface area contributed by atoms with Crippen LogP contribution in [-0.4, -0.2) is 54.4 Å². The number of anilines is 1. The molecule has 6 heteroatoms. The maximum atomic E-state index is 12.0. The van der Waals surface area contributed by atoms with Crippen LogP contribution >= 0.6 is 0 Å². The van der Waals surface area contributed by atoms with Crippen molar-refractivity contribution in [2.75, 3.05) is 38.7 Å². The lowest BCUT2D eigenvalue weighted by atomic mass is 10.3. The number of methoxy groups -OCH3 is 1. The predicted molar refractivity (Wildman–Crippen MR) is 72.2 cm³/mol. The molecule has 19 heavy (non-hydrogen) atoms. The molecule has 0 atom stereocenters. The Labute approximate surface area is 113 Å². The third-order valence-corrected chi connectivity index (χ3v) is 3.11. The van der Waals surface area contributed by atoms with Gasteiger partial charge in [-0.1, -0.05) is 0 Å². The highest BCUT2D eigenvalue weighted by molar-refractivity contribution is 5.92. The Balaban J connectivity index is 1.85. The van der Waals surface area contributed by atoms with Gasteiger partial charge in [0.1, 0.15) is 5.82 Å². The Morgan fingerprint density at radius 2 is 2.16 bits per heavy atom. The second-order valence-corrected chi connectivity index (χ2v) is 4.58. The molecule has 0 spiro atoms. The highest BCUT2D eigenvalue weighted by Crippen LogP contribution is 2.11. The fraction of sp³-hybridized carbons (Fsp3) is 0.615. The van der Waals surface area contributed by atoms with Gasteiger partial charge in [0.15, 0.2) is 5.69 Å². The maximum absolute atomic E-state index is 12.0. The average Bonchev–Trinajstić information content (AvgIpc) is 2.98. The summed E-state index contributed by atoms with van der Waals surface area (Å²) in [5.41, 5.74) is 0.421. The van der Waals surface area contributed by atoms with E-state index in [4.69, 9.17) is 4.74 Å². The lowest BCUT2D eigenvalue weighted by Crippen LogP contribution is -2.28. The Kier molecular flexibility index (Phi) is 5.09. The Morgan fingerprint density at radius 3 is 2.79 bits per heavy atom. The standard InChI is InChI=1S/C13H20N4O2/c1-19-10-4-7-14-12-6-5-11(15-16-12)13(18)17-8-2-3-9-17/h5-6H,2-4,7-10H2,1H3,(H,14,16). The van der Waals surface area contributed by atoms with Gasteiger partial charge in [-0.2, -0.15) is 0 Å². The molecule has 2 rings (SSSR count). The first-order valence-corrected chi connectivity index (χ1v) is 6.67. The van der Waals surface area contributed by atoms with Crippen molar-refractivity contribution < 1.29 is 9.53 Å². The number of hydrogen-bond donors (Lipinski definition) is 1. The van der Waals surface area contributed by atoms with E-state index in [1.165, 1.54) is 0 Å². The first-order chi connectivity index (χ1) is 9.31. The van der Waals surface area contributed by atoms with E-state index in [9.17, 15) is 4.79 Å². The number of hydrogen-bond acceptors (Lipinski definition) is 5. The summed E-state index contributed by atoms with van der Waals surface area (Å²) >= 11 is 0. The van der Waals surface area contributed by atoms with Gasteiger partial charge in [0.25, 0.3) is 5.91 Å². The molecule has 1 aromatic rings. The summed E-state index contributed by atoms with van der Waals surface area (Å²) in [6.45, 7) is 3.16. The molecule has 6 nitrogen and oxygen atoms in total. The van der Waals surface area contributed by atoms with Gasteiger partial charge in [-0.3, -0.25) is 4.79 Å². The molecular formula is C13H20N4O2. The summed E-state index contributed by atoms with van der Waals surface area (Å²) in [7, 11) is 1.68. The number of carbonyl (C=O) groups excluding carboxylic acids is 1. The smallest absolute Gasteiger partial charge is 0.274 e. The van der Waals surface area contributed by atoms with Crippen LogP contribution in [0.5, 0.6) is 0 Å². The summed E-state index contributed by atoms with van der Waals surface area (Å²) in [6.07, 6.45) is 3.07. The third kappa shape index (κ3) is 3.89. The van der Waals surface area contributed by atoms with E-state index < -0.39 is 0 Å². The van der Waals surface area contributed by atoms with Crippen molar-refractivity contribution in [1.29, 1.82) is 0 Å². The molecule has 2 heterocycles. The zero-order valence-electron chi connectivity index (χ0n) is 11.3. The SMILES string of the molecule is COCCCNc1ccc(C(=O)N2CCCC2)nn1. The fourth-order valence-electron chi connectivity index (χ4n) is 2.06. The van der Waals surface area contributed by atoms with Crippen LogP contribution in [0.4, 0.5) is 5.82 Å². The van der Waals surface area contributed by atoms with Gasteiger partial charge in [-0.25, -0.2) is 0 Å². The van der Waals surface area contributed by atoms with Gasteiger partial charge in [0.05, 0.1) is 0 Å². The predicted octanol–water partition coefficient (Wildman–Crippen LogP) is 1.16. The maximum Gasteiger partial charge on any atom is 0.274 e. The van der Waals surface area contributed by atoms with Crippen molar-refractivity contribution in [1.82, 2.24) is 15.1 Å². The van der Waals surface area contributed by atoms with Crippen molar-refractivity contribution in [2.24, 2.45) is 0 Å². The lowest BCUT2D eigenvalue weighted by Gasteiger charge is -2.14. The highest BCUT2D eigenvalue weighted by Gasteiger charge is 2.20. The summed E-state index contributed by atoms with van der Waals surface area (Å²) < 4.78 is 4.96.